The Hall–Kier alpha value is -0.0900. The van der Waals surface area contributed by atoms with Crippen LogP contribution in [0.25, 0.3) is 0 Å². The summed E-state index contributed by atoms with van der Waals surface area (Å²) in [7, 11) is 0. The van der Waals surface area contributed by atoms with Gasteiger partial charge in [0.1, 0.15) is 0 Å². The van der Waals surface area contributed by atoms with Gasteiger partial charge in [0, 0.05) is 9.50 Å². The Bertz CT molecular complexity index is 368. The van der Waals surface area contributed by atoms with Crippen LogP contribution in [0.4, 0.5) is 0 Å². The van der Waals surface area contributed by atoms with Gasteiger partial charge in [0.25, 0.3) is 0 Å². The maximum Gasteiger partial charge on any atom is 0.0626 e. The van der Waals surface area contributed by atoms with Gasteiger partial charge in [0.2, 0.25) is 0 Å². The number of hydrogen-bond acceptors (Lipinski definition) is 2. The molecule has 0 radical (unpaired) electrons. The summed E-state index contributed by atoms with van der Waals surface area (Å²) in [6.45, 7) is 1.09. The number of nitrogens with one attached hydrogen (secondary N) is 1. The smallest absolute Gasteiger partial charge is 0.0626 e. The van der Waals surface area contributed by atoms with Gasteiger partial charge in [-0.25, -0.2) is 0 Å². The topological polar surface area (TPSA) is 32.3 Å². The van der Waals surface area contributed by atoms with Crippen LogP contribution < -0.4 is 5.32 Å². The number of aliphatic hydroxyl groups is 1. The molecular weight excluding hydrogens is 289 g/mol. The lowest BCUT2D eigenvalue weighted by molar-refractivity contribution is 0.243. The Morgan fingerprint density at radius 1 is 1.50 bits per heavy atom. The van der Waals surface area contributed by atoms with Crippen molar-refractivity contribution in [1.29, 1.82) is 0 Å². The highest BCUT2D eigenvalue weighted by molar-refractivity contribution is 9.10. The van der Waals surface area contributed by atoms with Crippen molar-refractivity contribution in [2.75, 3.05) is 13.2 Å². The Balaban J connectivity index is 2.05. The minimum Gasteiger partial charge on any atom is -0.394 e. The van der Waals surface area contributed by atoms with E-state index in [1.807, 2.05) is 18.2 Å². The van der Waals surface area contributed by atoms with Crippen LogP contribution in [0.15, 0.2) is 22.7 Å². The van der Waals surface area contributed by atoms with Crippen molar-refractivity contribution >= 4 is 27.5 Å². The van der Waals surface area contributed by atoms with Gasteiger partial charge in [-0.3, -0.25) is 0 Å². The lowest BCUT2D eigenvalue weighted by Gasteiger charge is -2.18. The van der Waals surface area contributed by atoms with Crippen LogP contribution in [0.5, 0.6) is 0 Å². The molecule has 4 heteroatoms. The van der Waals surface area contributed by atoms with Gasteiger partial charge in [-0.2, -0.15) is 0 Å². The first-order valence-electron chi connectivity index (χ1n) is 5.50. The molecule has 1 atom stereocenters. The summed E-state index contributed by atoms with van der Waals surface area (Å²) in [5.41, 5.74) is 1.06. The van der Waals surface area contributed by atoms with Gasteiger partial charge in [0.15, 0.2) is 0 Å². The van der Waals surface area contributed by atoms with E-state index in [-0.39, 0.29) is 12.6 Å². The third-order valence-corrected chi connectivity index (χ3v) is 3.79. The zero-order chi connectivity index (χ0) is 11.5. The fourth-order valence-corrected chi connectivity index (χ4v) is 2.65. The first-order valence-corrected chi connectivity index (χ1v) is 6.67. The molecule has 0 bridgehead atoms. The van der Waals surface area contributed by atoms with Crippen molar-refractivity contribution in [3.63, 3.8) is 0 Å². The van der Waals surface area contributed by atoms with E-state index in [2.05, 4.69) is 21.2 Å². The zero-order valence-corrected chi connectivity index (χ0v) is 11.3. The third-order valence-electron chi connectivity index (χ3n) is 2.87. The number of halogens is 2. The summed E-state index contributed by atoms with van der Waals surface area (Å²) in [5, 5.41) is 13.5. The fraction of sp³-hybridized carbons (Fsp3) is 0.500. The van der Waals surface area contributed by atoms with Crippen molar-refractivity contribution in [3.05, 3.63) is 33.3 Å². The predicted octanol–water partition coefficient (Wildman–Crippen LogP) is 3.14. The van der Waals surface area contributed by atoms with Crippen LogP contribution in [0.2, 0.25) is 5.02 Å². The van der Waals surface area contributed by atoms with E-state index in [1.54, 1.807) is 0 Å². The monoisotopic (exact) mass is 303 g/mol. The summed E-state index contributed by atoms with van der Waals surface area (Å²) >= 11 is 9.37. The van der Waals surface area contributed by atoms with Crippen molar-refractivity contribution in [3.8, 4) is 0 Å². The van der Waals surface area contributed by atoms with Crippen LogP contribution >= 0.6 is 27.5 Å². The maximum atomic E-state index is 9.39. The van der Waals surface area contributed by atoms with Gasteiger partial charge >= 0.3 is 0 Å². The number of hydrogen-bond donors (Lipinski definition) is 2. The average molecular weight is 305 g/mol. The first kappa shape index (κ1) is 12.4. The average Bonchev–Trinajstić information content (AvgIpc) is 3.05. The number of benzene rings is 1. The second kappa shape index (κ2) is 5.50. The summed E-state index contributed by atoms with van der Waals surface area (Å²) in [5.74, 6) is 0.806. The van der Waals surface area contributed by atoms with Gasteiger partial charge < -0.3 is 10.4 Å². The van der Waals surface area contributed by atoms with Crippen LogP contribution in [-0.4, -0.2) is 18.3 Å². The van der Waals surface area contributed by atoms with Crippen LogP contribution in [0.3, 0.4) is 0 Å². The molecule has 2 N–H and O–H groups in total. The Morgan fingerprint density at radius 2 is 2.25 bits per heavy atom. The molecule has 2 nitrogen and oxygen atoms in total. The minimum atomic E-state index is -0.00718. The lowest BCUT2D eigenvalue weighted by Crippen LogP contribution is -2.26. The van der Waals surface area contributed by atoms with Crippen molar-refractivity contribution in [2.45, 2.75) is 18.9 Å². The van der Waals surface area contributed by atoms with E-state index in [4.69, 9.17) is 11.6 Å². The first-order chi connectivity index (χ1) is 7.70. The summed E-state index contributed by atoms with van der Waals surface area (Å²) < 4.78 is 0.947. The predicted molar refractivity (Wildman–Crippen MR) is 69.7 cm³/mol. The largest absolute Gasteiger partial charge is 0.394 e. The molecule has 0 aromatic heterocycles. The van der Waals surface area contributed by atoms with Gasteiger partial charge in [-0.1, -0.05) is 33.6 Å². The Morgan fingerprint density at radius 3 is 2.81 bits per heavy atom. The quantitative estimate of drug-likeness (QED) is 0.876. The highest BCUT2D eigenvalue weighted by Gasteiger charge is 2.23. The zero-order valence-electron chi connectivity index (χ0n) is 8.92. The SMILES string of the molecule is OCC(NCC1CC1)c1ccc(Cl)cc1Br. The molecule has 1 fully saturated rings. The van der Waals surface area contributed by atoms with E-state index in [0.717, 1.165) is 22.5 Å². The molecule has 16 heavy (non-hydrogen) atoms. The fourth-order valence-electron chi connectivity index (χ4n) is 1.69. The molecule has 0 spiro atoms. The molecular formula is C12H15BrClNO. The second-order valence-electron chi connectivity index (χ2n) is 4.25. The van der Waals surface area contributed by atoms with Crippen molar-refractivity contribution < 1.29 is 5.11 Å². The van der Waals surface area contributed by atoms with Crippen LogP contribution in [0.1, 0.15) is 24.4 Å². The van der Waals surface area contributed by atoms with Gasteiger partial charge in [-0.15, -0.1) is 0 Å². The van der Waals surface area contributed by atoms with Crippen molar-refractivity contribution in [1.82, 2.24) is 5.32 Å². The number of aliphatic hydroxyl groups excluding tert-OH is 1. The Labute approximate surface area is 109 Å². The molecule has 88 valence electrons. The van der Waals surface area contributed by atoms with E-state index >= 15 is 0 Å². The molecule has 0 saturated heterocycles. The van der Waals surface area contributed by atoms with E-state index in [1.165, 1.54) is 12.8 Å². The standard InChI is InChI=1S/C12H15BrClNO/c13-11-5-9(14)3-4-10(11)12(7-16)15-6-8-1-2-8/h3-5,8,12,15-16H,1-2,6-7H2. The van der Waals surface area contributed by atoms with Crippen LogP contribution in [0, 0.1) is 5.92 Å². The normalized spacial score (nSPS) is 17.4. The Kier molecular flexibility index (Phi) is 4.25. The molecule has 0 aliphatic heterocycles. The third kappa shape index (κ3) is 3.20. The molecule has 1 aromatic carbocycles. The number of rotatable bonds is 5. The lowest BCUT2D eigenvalue weighted by atomic mass is 10.1. The molecule has 1 aromatic rings. The summed E-state index contributed by atoms with van der Waals surface area (Å²) in [6.07, 6.45) is 2.62. The molecule has 1 saturated carbocycles. The van der Waals surface area contributed by atoms with E-state index < -0.39 is 0 Å². The maximum absolute atomic E-state index is 9.39. The molecule has 1 unspecified atom stereocenters. The molecule has 0 amide bonds. The summed E-state index contributed by atoms with van der Waals surface area (Å²) in [4.78, 5) is 0. The van der Waals surface area contributed by atoms with E-state index in [0.29, 0.717) is 5.02 Å². The van der Waals surface area contributed by atoms with Gasteiger partial charge in [0.05, 0.1) is 12.6 Å². The van der Waals surface area contributed by atoms with Gasteiger partial charge in [-0.05, 0) is 43.0 Å². The minimum absolute atomic E-state index is 0.00718. The highest BCUT2D eigenvalue weighted by atomic mass is 79.9. The molecule has 0 heterocycles. The molecule has 2 rings (SSSR count). The van der Waals surface area contributed by atoms with E-state index in [9.17, 15) is 5.11 Å². The molecule has 1 aliphatic rings. The van der Waals surface area contributed by atoms with Crippen LogP contribution in [-0.2, 0) is 0 Å². The molecule has 1 aliphatic carbocycles. The second-order valence-corrected chi connectivity index (χ2v) is 5.54. The van der Waals surface area contributed by atoms with Crippen molar-refractivity contribution in [2.24, 2.45) is 5.92 Å². The highest BCUT2D eigenvalue weighted by Crippen LogP contribution is 2.30. The summed E-state index contributed by atoms with van der Waals surface area (Å²) in [6, 6.07) is 5.65.